The Morgan fingerprint density at radius 1 is 1.00 bits per heavy atom. The fraction of sp³-hybridized carbons (Fsp3) is 0.333. The number of nitrogens with one attached hydrogen (secondary N) is 1. The van der Waals surface area contributed by atoms with Crippen LogP contribution in [0.15, 0.2) is 42.5 Å². The van der Waals surface area contributed by atoms with Gasteiger partial charge in [0.1, 0.15) is 5.82 Å². The second-order valence-electron chi connectivity index (χ2n) is 5.63. The van der Waals surface area contributed by atoms with E-state index >= 15 is 0 Å². The third-order valence-corrected chi connectivity index (χ3v) is 3.35. The van der Waals surface area contributed by atoms with Gasteiger partial charge < -0.3 is 5.32 Å². The number of halogens is 1. The summed E-state index contributed by atoms with van der Waals surface area (Å²) < 4.78 is 13.9. The fourth-order valence-electron chi connectivity index (χ4n) is 2.37. The lowest BCUT2D eigenvalue weighted by Gasteiger charge is -2.08. The first-order valence-corrected chi connectivity index (χ1v) is 7.12. The van der Waals surface area contributed by atoms with E-state index in [2.05, 4.69) is 43.4 Å². The maximum atomic E-state index is 13.9. The van der Waals surface area contributed by atoms with E-state index in [1.54, 1.807) is 6.07 Å². The Kier molecular flexibility index (Phi) is 4.91. The second kappa shape index (κ2) is 6.67. The van der Waals surface area contributed by atoms with E-state index in [9.17, 15) is 4.39 Å². The summed E-state index contributed by atoms with van der Waals surface area (Å²) in [6.07, 6.45) is 1.08. The lowest BCUT2D eigenvalue weighted by Crippen LogP contribution is -2.06. The average Bonchev–Trinajstić information content (AvgIpc) is 2.41. The lowest BCUT2D eigenvalue weighted by molar-refractivity contribution is 0.601. The van der Waals surface area contributed by atoms with Crippen LogP contribution in [-0.2, 0) is 13.0 Å². The Bertz CT molecular complexity index is 558. The van der Waals surface area contributed by atoms with Gasteiger partial charge in [-0.05, 0) is 42.1 Å². The minimum absolute atomic E-state index is 0.150. The van der Waals surface area contributed by atoms with Gasteiger partial charge in [0, 0.05) is 12.1 Å². The Morgan fingerprint density at radius 3 is 2.20 bits per heavy atom. The number of hydrogen-bond donors (Lipinski definition) is 1. The molecule has 0 saturated heterocycles. The largest absolute Gasteiger partial charge is 0.316 e. The molecular formula is C18H22FN. The third-order valence-electron chi connectivity index (χ3n) is 3.35. The summed E-state index contributed by atoms with van der Waals surface area (Å²) in [5.74, 6) is 0.502. The Hall–Kier alpha value is -1.67. The molecule has 2 heteroatoms. The van der Waals surface area contributed by atoms with Crippen LogP contribution in [0.1, 0.15) is 25.0 Å². The highest BCUT2D eigenvalue weighted by atomic mass is 19.1. The Labute approximate surface area is 120 Å². The summed E-state index contributed by atoms with van der Waals surface area (Å²) in [5, 5.41) is 2.97. The standard InChI is InChI=1S/C18H22FN/c1-13(2)10-14-4-6-15(7-5-14)16-8-9-17(12-20-3)18(19)11-16/h4-9,11,13,20H,10,12H2,1-3H3. The van der Waals surface area contributed by atoms with Gasteiger partial charge in [0.05, 0.1) is 0 Å². The summed E-state index contributed by atoms with van der Waals surface area (Å²) in [5.41, 5.74) is 4.02. The van der Waals surface area contributed by atoms with E-state index in [1.807, 2.05) is 19.2 Å². The van der Waals surface area contributed by atoms with Gasteiger partial charge in [0.25, 0.3) is 0 Å². The summed E-state index contributed by atoms with van der Waals surface area (Å²) >= 11 is 0. The van der Waals surface area contributed by atoms with E-state index in [-0.39, 0.29) is 5.82 Å². The number of benzene rings is 2. The summed E-state index contributed by atoms with van der Waals surface area (Å²) in [6.45, 7) is 4.98. The van der Waals surface area contributed by atoms with Crippen LogP contribution in [0.25, 0.3) is 11.1 Å². The number of rotatable bonds is 5. The summed E-state index contributed by atoms with van der Waals surface area (Å²) in [7, 11) is 1.82. The molecule has 0 heterocycles. The van der Waals surface area contributed by atoms with Crippen LogP contribution in [0.4, 0.5) is 4.39 Å². The zero-order valence-electron chi connectivity index (χ0n) is 12.4. The highest BCUT2D eigenvalue weighted by molar-refractivity contribution is 5.64. The van der Waals surface area contributed by atoms with Crippen molar-refractivity contribution < 1.29 is 4.39 Å². The van der Waals surface area contributed by atoms with Gasteiger partial charge in [-0.25, -0.2) is 4.39 Å². The molecule has 20 heavy (non-hydrogen) atoms. The van der Waals surface area contributed by atoms with E-state index in [0.29, 0.717) is 18.0 Å². The molecule has 2 aromatic rings. The minimum Gasteiger partial charge on any atom is -0.316 e. The molecule has 0 aliphatic heterocycles. The molecule has 0 radical (unpaired) electrons. The zero-order valence-corrected chi connectivity index (χ0v) is 12.4. The van der Waals surface area contributed by atoms with Crippen LogP contribution in [-0.4, -0.2) is 7.05 Å². The first-order chi connectivity index (χ1) is 9.60. The average molecular weight is 271 g/mol. The maximum Gasteiger partial charge on any atom is 0.128 e. The minimum atomic E-state index is -0.150. The van der Waals surface area contributed by atoms with E-state index in [0.717, 1.165) is 17.5 Å². The molecule has 0 aliphatic rings. The van der Waals surface area contributed by atoms with Gasteiger partial charge in [-0.2, -0.15) is 0 Å². The van der Waals surface area contributed by atoms with Crippen molar-refractivity contribution in [1.29, 1.82) is 0 Å². The van der Waals surface area contributed by atoms with Crippen LogP contribution in [0.5, 0.6) is 0 Å². The van der Waals surface area contributed by atoms with E-state index < -0.39 is 0 Å². The van der Waals surface area contributed by atoms with Crippen molar-refractivity contribution in [1.82, 2.24) is 5.32 Å². The zero-order chi connectivity index (χ0) is 14.5. The van der Waals surface area contributed by atoms with Crippen molar-refractivity contribution in [2.75, 3.05) is 7.05 Å². The van der Waals surface area contributed by atoms with Crippen molar-refractivity contribution in [2.45, 2.75) is 26.8 Å². The Balaban J connectivity index is 2.21. The molecule has 0 aliphatic carbocycles. The molecule has 2 rings (SSSR count). The van der Waals surface area contributed by atoms with Gasteiger partial charge in [0.2, 0.25) is 0 Å². The van der Waals surface area contributed by atoms with E-state index in [4.69, 9.17) is 0 Å². The predicted molar refractivity (Wildman–Crippen MR) is 83.1 cm³/mol. The molecule has 0 bridgehead atoms. The van der Waals surface area contributed by atoms with Crippen LogP contribution < -0.4 is 5.32 Å². The molecule has 2 aromatic carbocycles. The van der Waals surface area contributed by atoms with Crippen LogP contribution in [0, 0.1) is 11.7 Å². The highest BCUT2D eigenvalue weighted by Gasteiger charge is 2.05. The molecule has 0 saturated carbocycles. The van der Waals surface area contributed by atoms with Crippen molar-refractivity contribution in [3.8, 4) is 11.1 Å². The first-order valence-electron chi connectivity index (χ1n) is 7.12. The van der Waals surface area contributed by atoms with Crippen molar-refractivity contribution in [3.63, 3.8) is 0 Å². The van der Waals surface area contributed by atoms with Gasteiger partial charge in [-0.3, -0.25) is 0 Å². The highest BCUT2D eigenvalue weighted by Crippen LogP contribution is 2.23. The molecule has 0 unspecified atom stereocenters. The fourth-order valence-corrected chi connectivity index (χ4v) is 2.37. The lowest BCUT2D eigenvalue weighted by atomic mass is 9.98. The second-order valence-corrected chi connectivity index (χ2v) is 5.63. The first kappa shape index (κ1) is 14.7. The summed E-state index contributed by atoms with van der Waals surface area (Å²) in [4.78, 5) is 0. The Morgan fingerprint density at radius 2 is 1.65 bits per heavy atom. The molecule has 0 amide bonds. The molecular weight excluding hydrogens is 249 g/mol. The smallest absolute Gasteiger partial charge is 0.128 e. The third kappa shape index (κ3) is 3.67. The predicted octanol–water partition coefficient (Wildman–Crippen LogP) is 4.41. The quantitative estimate of drug-likeness (QED) is 0.849. The van der Waals surface area contributed by atoms with Gasteiger partial charge in [-0.15, -0.1) is 0 Å². The van der Waals surface area contributed by atoms with Crippen molar-refractivity contribution in [3.05, 3.63) is 59.4 Å². The van der Waals surface area contributed by atoms with Gasteiger partial charge in [0.15, 0.2) is 0 Å². The normalized spacial score (nSPS) is 11.1. The molecule has 1 N–H and O–H groups in total. The molecule has 0 spiro atoms. The van der Waals surface area contributed by atoms with Crippen LogP contribution in [0.2, 0.25) is 0 Å². The van der Waals surface area contributed by atoms with Crippen molar-refractivity contribution >= 4 is 0 Å². The van der Waals surface area contributed by atoms with Crippen molar-refractivity contribution in [2.24, 2.45) is 5.92 Å². The molecule has 0 fully saturated rings. The molecule has 106 valence electrons. The van der Waals surface area contributed by atoms with Crippen LogP contribution in [0.3, 0.4) is 0 Å². The van der Waals surface area contributed by atoms with Gasteiger partial charge >= 0.3 is 0 Å². The number of hydrogen-bond acceptors (Lipinski definition) is 1. The maximum absolute atomic E-state index is 13.9. The topological polar surface area (TPSA) is 12.0 Å². The summed E-state index contributed by atoms with van der Waals surface area (Å²) in [6, 6.07) is 13.9. The van der Waals surface area contributed by atoms with E-state index in [1.165, 1.54) is 5.56 Å². The molecule has 0 atom stereocenters. The molecule has 1 nitrogen and oxygen atoms in total. The van der Waals surface area contributed by atoms with Crippen LogP contribution >= 0.6 is 0 Å². The monoisotopic (exact) mass is 271 g/mol. The SMILES string of the molecule is CNCc1ccc(-c2ccc(CC(C)C)cc2)cc1F. The van der Waals surface area contributed by atoms with Gasteiger partial charge in [-0.1, -0.05) is 50.2 Å². The molecule has 0 aromatic heterocycles.